The summed E-state index contributed by atoms with van der Waals surface area (Å²) in [7, 11) is 0. The Morgan fingerprint density at radius 3 is 2.76 bits per heavy atom. The number of aromatic nitrogens is 2. The van der Waals surface area contributed by atoms with E-state index >= 15 is 0 Å². The van der Waals surface area contributed by atoms with Gasteiger partial charge in [0.2, 0.25) is 0 Å². The lowest BCUT2D eigenvalue weighted by molar-refractivity contribution is 0.679. The molecule has 0 fully saturated rings. The summed E-state index contributed by atoms with van der Waals surface area (Å²) in [6, 6.07) is 10.2. The van der Waals surface area contributed by atoms with Crippen molar-refractivity contribution >= 4 is 61.5 Å². The summed E-state index contributed by atoms with van der Waals surface area (Å²) in [5.41, 5.74) is 1.95. The summed E-state index contributed by atoms with van der Waals surface area (Å²) in [6.45, 7) is 0.885. The van der Waals surface area contributed by atoms with Crippen LogP contribution in [0.2, 0.25) is 5.02 Å². The van der Waals surface area contributed by atoms with Gasteiger partial charge < -0.3 is 4.57 Å². The van der Waals surface area contributed by atoms with Crippen molar-refractivity contribution < 1.29 is 0 Å². The van der Waals surface area contributed by atoms with Crippen LogP contribution in [0.4, 0.5) is 0 Å². The van der Waals surface area contributed by atoms with Crippen LogP contribution in [-0.2, 0) is 19.4 Å². The molecule has 0 aliphatic heterocycles. The van der Waals surface area contributed by atoms with E-state index in [0.717, 1.165) is 40.0 Å². The Bertz CT molecular complexity index is 766. The number of fused-ring (bicyclic) bond motifs is 1. The first-order valence-corrected chi connectivity index (χ1v) is 9.15. The van der Waals surface area contributed by atoms with Crippen LogP contribution in [-0.4, -0.2) is 15.4 Å². The molecule has 110 valence electrons. The predicted molar refractivity (Wildman–Crippen MR) is 94.9 cm³/mol. The number of hydrogen-bond acceptors (Lipinski definition) is 2. The van der Waals surface area contributed by atoms with Gasteiger partial charge in [-0.3, -0.25) is 0 Å². The van der Waals surface area contributed by atoms with E-state index in [9.17, 15) is 0 Å². The fourth-order valence-electron chi connectivity index (χ4n) is 2.39. The normalized spacial score (nSPS) is 11.4. The van der Waals surface area contributed by atoms with Crippen molar-refractivity contribution in [1.29, 1.82) is 0 Å². The molecule has 21 heavy (non-hydrogen) atoms. The van der Waals surface area contributed by atoms with E-state index in [1.165, 1.54) is 4.88 Å². The molecule has 0 aliphatic rings. The molecule has 1 aromatic carbocycles. The van der Waals surface area contributed by atoms with Crippen LogP contribution in [0.1, 0.15) is 10.7 Å². The summed E-state index contributed by atoms with van der Waals surface area (Å²) in [5.74, 6) is 1.56. The molecular formula is C15H13BrCl2N2S. The van der Waals surface area contributed by atoms with Crippen LogP contribution in [0.15, 0.2) is 34.1 Å². The van der Waals surface area contributed by atoms with Gasteiger partial charge in [-0.15, -0.1) is 22.9 Å². The predicted octanol–water partition coefficient (Wildman–Crippen LogP) is 5.54. The van der Waals surface area contributed by atoms with E-state index in [-0.39, 0.29) is 0 Å². The second-order valence-electron chi connectivity index (χ2n) is 4.68. The van der Waals surface area contributed by atoms with Crippen LogP contribution in [0, 0.1) is 0 Å². The van der Waals surface area contributed by atoms with Crippen molar-refractivity contribution in [3.05, 3.63) is 49.8 Å². The van der Waals surface area contributed by atoms with E-state index in [1.54, 1.807) is 11.3 Å². The van der Waals surface area contributed by atoms with Crippen molar-refractivity contribution in [2.75, 3.05) is 5.88 Å². The Hall–Kier alpha value is -0.550. The van der Waals surface area contributed by atoms with E-state index in [0.29, 0.717) is 10.9 Å². The molecule has 2 nitrogen and oxygen atoms in total. The molecule has 0 spiro atoms. The molecule has 0 saturated heterocycles. The lowest BCUT2D eigenvalue weighted by atomic mass is 10.3. The van der Waals surface area contributed by atoms with Crippen LogP contribution in [0.5, 0.6) is 0 Å². The van der Waals surface area contributed by atoms with Gasteiger partial charge in [-0.25, -0.2) is 4.98 Å². The lowest BCUT2D eigenvalue weighted by Crippen LogP contribution is -2.06. The van der Waals surface area contributed by atoms with E-state index < -0.39 is 0 Å². The molecule has 0 N–H and O–H groups in total. The fraction of sp³-hybridized carbons (Fsp3) is 0.267. The second kappa shape index (κ2) is 6.69. The number of rotatable bonds is 5. The van der Waals surface area contributed by atoms with Crippen LogP contribution in [0.3, 0.4) is 0 Å². The fourth-order valence-corrected chi connectivity index (χ4v) is 4.25. The summed E-state index contributed by atoms with van der Waals surface area (Å²) in [5, 5.41) is 0.695. The SMILES string of the molecule is ClCCc1nc2c(Cl)cccc2n1CCc1ccc(Br)s1. The minimum atomic E-state index is 0.561. The Morgan fingerprint density at radius 1 is 1.19 bits per heavy atom. The van der Waals surface area contributed by atoms with Gasteiger partial charge in [0, 0.05) is 23.7 Å². The molecule has 0 atom stereocenters. The van der Waals surface area contributed by atoms with E-state index in [1.807, 2.05) is 12.1 Å². The van der Waals surface area contributed by atoms with Crippen LogP contribution >= 0.6 is 50.5 Å². The average molecular weight is 404 g/mol. The number of imidazole rings is 1. The topological polar surface area (TPSA) is 17.8 Å². The molecule has 2 aromatic heterocycles. The van der Waals surface area contributed by atoms with E-state index in [4.69, 9.17) is 23.2 Å². The zero-order valence-electron chi connectivity index (χ0n) is 11.2. The Morgan fingerprint density at radius 2 is 2.05 bits per heavy atom. The molecular weight excluding hydrogens is 391 g/mol. The number of benzene rings is 1. The standard InChI is InChI=1S/C15H13BrCl2N2S/c16-13-5-4-10(21-13)7-9-20-12-3-1-2-11(18)15(12)19-14(20)6-8-17/h1-5H,6-9H2. The van der Waals surface area contributed by atoms with Crippen molar-refractivity contribution in [2.45, 2.75) is 19.4 Å². The van der Waals surface area contributed by atoms with Gasteiger partial charge in [-0.1, -0.05) is 17.7 Å². The lowest BCUT2D eigenvalue weighted by Gasteiger charge is -2.07. The maximum absolute atomic E-state index is 6.25. The van der Waals surface area contributed by atoms with Crippen molar-refractivity contribution in [1.82, 2.24) is 9.55 Å². The maximum atomic E-state index is 6.25. The molecule has 2 heterocycles. The number of aryl methyl sites for hydroxylation is 3. The Balaban J connectivity index is 1.95. The number of thiophene rings is 1. The number of halogens is 3. The molecule has 0 unspecified atom stereocenters. The minimum absolute atomic E-state index is 0.561. The first-order valence-electron chi connectivity index (χ1n) is 6.63. The third-order valence-electron chi connectivity index (χ3n) is 3.34. The Labute approximate surface area is 145 Å². The smallest absolute Gasteiger partial charge is 0.111 e. The summed E-state index contributed by atoms with van der Waals surface area (Å²) in [6.07, 6.45) is 1.73. The number of alkyl halides is 1. The third kappa shape index (κ3) is 3.29. The number of para-hydroxylation sites is 1. The summed E-state index contributed by atoms with van der Waals surface area (Å²) < 4.78 is 3.40. The van der Waals surface area contributed by atoms with Crippen molar-refractivity contribution in [2.24, 2.45) is 0 Å². The van der Waals surface area contributed by atoms with Gasteiger partial charge in [0.1, 0.15) is 11.3 Å². The number of nitrogens with zero attached hydrogens (tertiary/aromatic N) is 2. The van der Waals surface area contributed by atoms with Gasteiger partial charge >= 0.3 is 0 Å². The molecule has 0 amide bonds. The van der Waals surface area contributed by atoms with Crippen LogP contribution < -0.4 is 0 Å². The highest BCUT2D eigenvalue weighted by molar-refractivity contribution is 9.11. The quantitative estimate of drug-likeness (QED) is 0.511. The first kappa shape index (κ1) is 15.3. The maximum Gasteiger partial charge on any atom is 0.111 e. The zero-order valence-corrected chi connectivity index (χ0v) is 15.1. The average Bonchev–Trinajstić information content (AvgIpc) is 3.02. The Kier molecular flexibility index (Phi) is 4.89. The highest BCUT2D eigenvalue weighted by atomic mass is 79.9. The van der Waals surface area contributed by atoms with Crippen LogP contribution in [0.25, 0.3) is 11.0 Å². The molecule has 0 radical (unpaired) electrons. The highest BCUT2D eigenvalue weighted by Crippen LogP contribution is 2.26. The van der Waals surface area contributed by atoms with Gasteiger partial charge in [-0.2, -0.15) is 0 Å². The van der Waals surface area contributed by atoms with Gasteiger partial charge in [0.05, 0.1) is 14.3 Å². The first-order chi connectivity index (χ1) is 10.2. The van der Waals surface area contributed by atoms with Gasteiger partial charge in [-0.05, 0) is 46.6 Å². The second-order valence-corrected chi connectivity index (χ2v) is 8.01. The molecule has 0 saturated carbocycles. The third-order valence-corrected chi connectivity index (χ3v) is 5.51. The monoisotopic (exact) mass is 402 g/mol. The zero-order chi connectivity index (χ0) is 14.8. The molecule has 0 bridgehead atoms. The van der Waals surface area contributed by atoms with Crippen molar-refractivity contribution in [3.63, 3.8) is 0 Å². The largest absolute Gasteiger partial charge is 0.328 e. The van der Waals surface area contributed by atoms with Gasteiger partial charge in [0.25, 0.3) is 0 Å². The molecule has 6 heteroatoms. The molecule has 3 rings (SSSR count). The van der Waals surface area contributed by atoms with Gasteiger partial charge in [0.15, 0.2) is 0 Å². The number of hydrogen-bond donors (Lipinski definition) is 0. The highest BCUT2D eigenvalue weighted by Gasteiger charge is 2.12. The minimum Gasteiger partial charge on any atom is -0.328 e. The van der Waals surface area contributed by atoms with Crippen molar-refractivity contribution in [3.8, 4) is 0 Å². The molecule has 3 aromatic rings. The summed E-state index contributed by atoms with van der Waals surface area (Å²) in [4.78, 5) is 6.01. The van der Waals surface area contributed by atoms with E-state index in [2.05, 4.69) is 43.7 Å². The molecule has 0 aliphatic carbocycles. The summed E-state index contributed by atoms with van der Waals surface area (Å²) >= 11 is 17.4.